The van der Waals surface area contributed by atoms with E-state index in [-0.39, 0.29) is 18.7 Å². The Morgan fingerprint density at radius 1 is 1.16 bits per heavy atom. The first-order valence-electron chi connectivity index (χ1n) is 9.97. The fourth-order valence-corrected chi connectivity index (χ4v) is 4.16. The molecule has 0 atom stereocenters. The van der Waals surface area contributed by atoms with Crippen molar-refractivity contribution in [3.05, 3.63) is 45.7 Å². The molecule has 3 heterocycles. The van der Waals surface area contributed by atoms with Crippen LogP contribution in [0.3, 0.4) is 0 Å². The summed E-state index contributed by atoms with van der Waals surface area (Å²) in [6, 6.07) is 7.03. The van der Waals surface area contributed by atoms with E-state index in [0.29, 0.717) is 40.5 Å². The van der Waals surface area contributed by atoms with E-state index in [2.05, 4.69) is 30.9 Å². The van der Waals surface area contributed by atoms with Crippen LogP contribution in [0.1, 0.15) is 27.7 Å². The number of rotatable bonds is 6. The molecule has 0 spiro atoms. The maximum Gasteiger partial charge on any atom is 0.281 e. The number of hydrazine groups is 1. The van der Waals surface area contributed by atoms with Crippen LogP contribution in [-0.2, 0) is 16.0 Å². The summed E-state index contributed by atoms with van der Waals surface area (Å²) in [5.74, 6) is -0.0390. The van der Waals surface area contributed by atoms with Crippen molar-refractivity contribution in [2.75, 3.05) is 31.2 Å². The molecule has 1 aliphatic rings. The molecule has 3 aromatic rings. The van der Waals surface area contributed by atoms with Crippen LogP contribution in [0, 0.1) is 6.92 Å². The smallest absolute Gasteiger partial charge is 0.281 e. The van der Waals surface area contributed by atoms with Crippen molar-refractivity contribution >= 4 is 39.9 Å². The Hall–Kier alpha value is -3.02. The molecule has 1 saturated heterocycles. The molecular weight excluding hydrogens is 456 g/mol. The third kappa shape index (κ3) is 5.42. The van der Waals surface area contributed by atoms with Gasteiger partial charge in [0.25, 0.3) is 5.91 Å². The van der Waals surface area contributed by atoms with E-state index in [9.17, 15) is 9.59 Å². The van der Waals surface area contributed by atoms with Gasteiger partial charge in [0.2, 0.25) is 17.6 Å². The number of morpholine rings is 1. The number of halogens is 1. The van der Waals surface area contributed by atoms with Gasteiger partial charge in [-0.1, -0.05) is 28.1 Å². The summed E-state index contributed by atoms with van der Waals surface area (Å²) in [6.07, 6.45) is 0.312. The molecule has 2 aromatic heterocycles. The predicted molar refractivity (Wildman–Crippen MR) is 119 cm³/mol. The van der Waals surface area contributed by atoms with Gasteiger partial charge in [-0.05, 0) is 31.2 Å². The molecule has 0 radical (unpaired) electrons. The van der Waals surface area contributed by atoms with E-state index < -0.39 is 5.91 Å². The Labute approximate surface area is 192 Å². The number of carbonyl (C=O) groups is 2. The van der Waals surface area contributed by atoms with Crippen LogP contribution >= 0.6 is 22.9 Å². The highest BCUT2D eigenvalue weighted by Crippen LogP contribution is 2.26. The Morgan fingerprint density at radius 3 is 2.66 bits per heavy atom. The van der Waals surface area contributed by atoms with Crippen LogP contribution in [0.25, 0.3) is 11.4 Å². The van der Waals surface area contributed by atoms with Crippen molar-refractivity contribution in [2.45, 2.75) is 19.8 Å². The fourth-order valence-electron chi connectivity index (χ4n) is 3.02. The lowest BCUT2D eigenvalue weighted by molar-refractivity contribution is -0.121. The van der Waals surface area contributed by atoms with Crippen LogP contribution in [0.2, 0.25) is 5.02 Å². The molecular formula is C20H21ClN6O4S. The third-order valence-electron chi connectivity index (χ3n) is 4.73. The predicted octanol–water partition coefficient (Wildman–Crippen LogP) is 2.39. The first-order chi connectivity index (χ1) is 15.5. The number of hydrogen-bond acceptors (Lipinski definition) is 9. The van der Waals surface area contributed by atoms with E-state index in [4.69, 9.17) is 20.9 Å². The number of nitrogens with one attached hydrogen (secondary N) is 2. The summed E-state index contributed by atoms with van der Waals surface area (Å²) in [6.45, 7) is 4.51. The Balaban J connectivity index is 1.26. The largest absolute Gasteiger partial charge is 0.378 e. The maximum atomic E-state index is 12.5. The van der Waals surface area contributed by atoms with E-state index in [1.165, 1.54) is 11.3 Å². The van der Waals surface area contributed by atoms with Crippen LogP contribution in [0.5, 0.6) is 0 Å². The van der Waals surface area contributed by atoms with Crippen molar-refractivity contribution in [2.24, 2.45) is 0 Å². The highest BCUT2D eigenvalue weighted by atomic mass is 35.5. The third-order valence-corrected chi connectivity index (χ3v) is 6.19. The zero-order valence-corrected chi connectivity index (χ0v) is 18.8. The maximum absolute atomic E-state index is 12.5. The monoisotopic (exact) mass is 476 g/mol. The summed E-state index contributed by atoms with van der Waals surface area (Å²) in [5.41, 5.74) is 6.23. The van der Waals surface area contributed by atoms with Crippen molar-refractivity contribution in [1.29, 1.82) is 0 Å². The number of anilines is 1. The first kappa shape index (κ1) is 22.2. The molecule has 0 saturated carbocycles. The molecule has 4 rings (SSSR count). The Bertz CT molecular complexity index is 1090. The summed E-state index contributed by atoms with van der Waals surface area (Å²) < 4.78 is 10.5. The van der Waals surface area contributed by atoms with Gasteiger partial charge in [0.15, 0.2) is 5.13 Å². The summed E-state index contributed by atoms with van der Waals surface area (Å²) in [4.78, 5) is 35.9. The Morgan fingerprint density at radius 2 is 1.91 bits per heavy atom. The van der Waals surface area contributed by atoms with E-state index in [1.54, 1.807) is 31.2 Å². The lowest BCUT2D eigenvalue weighted by Gasteiger charge is -2.25. The molecule has 12 heteroatoms. The molecule has 2 amide bonds. The van der Waals surface area contributed by atoms with Gasteiger partial charge in [-0.15, -0.1) is 0 Å². The molecule has 0 unspecified atom stereocenters. The highest BCUT2D eigenvalue weighted by Gasteiger charge is 2.21. The van der Waals surface area contributed by atoms with Crippen molar-refractivity contribution in [1.82, 2.24) is 26.0 Å². The molecule has 32 heavy (non-hydrogen) atoms. The number of carbonyl (C=O) groups excluding carboxylic acids is 2. The number of aromatic nitrogens is 3. The minimum absolute atomic E-state index is 0.0727. The van der Waals surface area contributed by atoms with E-state index in [1.807, 2.05) is 0 Å². The van der Waals surface area contributed by atoms with Gasteiger partial charge < -0.3 is 14.2 Å². The van der Waals surface area contributed by atoms with E-state index in [0.717, 1.165) is 23.8 Å². The van der Waals surface area contributed by atoms with Gasteiger partial charge in [-0.2, -0.15) is 4.98 Å². The summed E-state index contributed by atoms with van der Waals surface area (Å²) in [7, 11) is 0. The molecule has 0 aliphatic carbocycles. The first-order valence-corrected chi connectivity index (χ1v) is 11.2. The zero-order chi connectivity index (χ0) is 22.5. The fraction of sp³-hybridized carbons (Fsp3) is 0.350. The summed E-state index contributed by atoms with van der Waals surface area (Å²) >= 11 is 7.17. The molecule has 1 aromatic carbocycles. The lowest BCUT2D eigenvalue weighted by Crippen LogP contribution is -2.41. The molecule has 1 aliphatic heterocycles. The SMILES string of the molecule is Cc1nc(N2CCOCC2)sc1C(=O)NNC(=O)CCc1nc(-c2ccc(Cl)cc2)no1. The van der Waals surface area contributed by atoms with Crippen LogP contribution in [-0.4, -0.2) is 53.2 Å². The number of benzene rings is 1. The minimum Gasteiger partial charge on any atom is -0.378 e. The van der Waals surface area contributed by atoms with Gasteiger partial charge in [-0.3, -0.25) is 20.4 Å². The Kier molecular flexibility index (Phi) is 6.98. The molecule has 168 valence electrons. The van der Waals surface area contributed by atoms with E-state index >= 15 is 0 Å². The molecule has 10 nitrogen and oxygen atoms in total. The number of thiazole rings is 1. The van der Waals surface area contributed by atoms with Gasteiger partial charge in [0.1, 0.15) is 4.88 Å². The normalized spacial score (nSPS) is 13.8. The second-order valence-electron chi connectivity index (χ2n) is 7.03. The second kappa shape index (κ2) is 10.1. The van der Waals surface area contributed by atoms with Crippen molar-refractivity contribution in [3.8, 4) is 11.4 Å². The minimum atomic E-state index is -0.407. The van der Waals surface area contributed by atoms with Crippen LogP contribution < -0.4 is 15.8 Å². The number of ether oxygens (including phenoxy) is 1. The topological polar surface area (TPSA) is 122 Å². The van der Waals surface area contributed by atoms with Gasteiger partial charge in [0.05, 0.1) is 18.9 Å². The zero-order valence-electron chi connectivity index (χ0n) is 17.3. The molecule has 0 bridgehead atoms. The standard InChI is InChI=1S/C20H21ClN6O4S/c1-12-17(32-20(22-12)27-8-10-30-11-9-27)19(29)25-24-15(28)6-7-16-23-18(26-31-16)13-2-4-14(21)5-3-13/h2-5H,6-11H2,1H3,(H,24,28)(H,25,29). The second-order valence-corrected chi connectivity index (χ2v) is 8.45. The number of aryl methyl sites for hydroxylation is 2. The number of amides is 2. The van der Waals surface area contributed by atoms with Crippen molar-refractivity contribution in [3.63, 3.8) is 0 Å². The average molecular weight is 477 g/mol. The number of nitrogens with zero attached hydrogens (tertiary/aromatic N) is 4. The van der Waals surface area contributed by atoms with Gasteiger partial charge >= 0.3 is 0 Å². The van der Waals surface area contributed by atoms with Crippen molar-refractivity contribution < 1.29 is 18.8 Å². The molecule has 1 fully saturated rings. The lowest BCUT2D eigenvalue weighted by atomic mass is 10.2. The van der Waals surface area contributed by atoms with Crippen LogP contribution in [0.4, 0.5) is 5.13 Å². The summed E-state index contributed by atoms with van der Waals surface area (Å²) in [5, 5.41) is 5.30. The van der Waals surface area contributed by atoms with Crippen LogP contribution in [0.15, 0.2) is 28.8 Å². The van der Waals surface area contributed by atoms with Gasteiger partial charge in [-0.25, -0.2) is 4.98 Å². The quantitative estimate of drug-likeness (QED) is 0.520. The molecule has 2 N–H and O–H groups in total. The highest BCUT2D eigenvalue weighted by molar-refractivity contribution is 7.17. The van der Waals surface area contributed by atoms with Gasteiger partial charge in [0, 0.05) is 36.5 Å². The average Bonchev–Trinajstić information content (AvgIpc) is 3.44. The number of hydrogen-bond donors (Lipinski definition) is 2.